The fourth-order valence-electron chi connectivity index (χ4n) is 4.11. The van der Waals surface area contributed by atoms with Crippen molar-refractivity contribution in [1.29, 1.82) is 0 Å². The van der Waals surface area contributed by atoms with Crippen molar-refractivity contribution in [1.82, 2.24) is 19.8 Å². The molecule has 0 aliphatic carbocycles. The molecule has 4 rings (SSSR count). The molecule has 6 nitrogen and oxygen atoms in total. The highest BCUT2D eigenvalue weighted by Gasteiger charge is 2.29. The highest BCUT2D eigenvalue weighted by Crippen LogP contribution is 2.32. The molecule has 1 saturated heterocycles. The Morgan fingerprint density at radius 3 is 2.61 bits per heavy atom. The normalized spacial score (nSPS) is 19.1. The van der Waals surface area contributed by atoms with Gasteiger partial charge in [0.15, 0.2) is 0 Å². The lowest BCUT2D eigenvalue weighted by Gasteiger charge is -2.40. The quantitative estimate of drug-likeness (QED) is 0.753. The number of rotatable bonds is 4. The van der Waals surface area contributed by atoms with Crippen LogP contribution in [0.25, 0.3) is 11.3 Å². The summed E-state index contributed by atoms with van der Waals surface area (Å²) in [6.45, 7) is 10.5. The molecule has 160 valence electrons. The summed E-state index contributed by atoms with van der Waals surface area (Å²) < 4.78 is 0. The Bertz CT molecular complexity index is 1020. The Morgan fingerprint density at radius 2 is 1.94 bits per heavy atom. The van der Waals surface area contributed by atoms with Gasteiger partial charge in [-0.15, -0.1) is 0 Å². The molecule has 0 radical (unpaired) electrons. The van der Waals surface area contributed by atoms with Crippen molar-refractivity contribution in [2.75, 3.05) is 39.1 Å². The van der Waals surface area contributed by atoms with Crippen molar-refractivity contribution < 1.29 is 0 Å². The number of aromatic nitrogens is 2. The number of likely N-dealkylation sites (tertiary alicyclic amines) is 1. The zero-order chi connectivity index (χ0) is 22.0. The van der Waals surface area contributed by atoms with Gasteiger partial charge in [0.05, 0.1) is 11.4 Å². The number of likely N-dealkylation sites (N-methyl/N-ethyl adjacent to an activating group) is 1. The molecule has 31 heavy (non-hydrogen) atoms. The first-order valence-corrected chi connectivity index (χ1v) is 10.6. The van der Waals surface area contributed by atoms with E-state index < -0.39 is 0 Å². The van der Waals surface area contributed by atoms with Gasteiger partial charge in [-0.25, -0.2) is 15.0 Å². The van der Waals surface area contributed by atoms with Crippen LogP contribution in [0.1, 0.15) is 24.1 Å². The van der Waals surface area contributed by atoms with Gasteiger partial charge in [-0.3, -0.25) is 0 Å². The van der Waals surface area contributed by atoms with Crippen LogP contribution in [0, 0.1) is 5.92 Å². The van der Waals surface area contributed by atoms with Gasteiger partial charge in [-0.05, 0) is 48.3 Å². The molecule has 0 N–H and O–H groups in total. The van der Waals surface area contributed by atoms with Crippen LogP contribution in [-0.2, 0) is 0 Å². The molecule has 0 bridgehead atoms. The summed E-state index contributed by atoms with van der Waals surface area (Å²) in [6, 6.07) is 10.5. The van der Waals surface area contributed by atoms with E-state index in [4.69, 9.17) is 4.99 Å². The maximum absolute atomic E-state index is 4.95. The van der Waals surface area contributed by atoms with Crippen LogP contribution in [0.5, 0.6) is 0 Å². The molecule has 1 aromatic carbocycles. The van der Waals surface area contributed by atoms with Gasteiger partial charge in [0, 0.05) is 57.7 Å². The zero-order valence-corrected chi connectivity index (χ0v) is 18.6. The molecular formula is C25H30N6. The summed E-state index contributed by atoms with van der Waals surface area (Å²) in [5.41, 5.74) is 6.13. The fraction of sp³-hybridized carbons (Fsp3) is 0.320. The number of allylic oxidation sites excluding steroid dienone is 1. The van der Waals surface area contributed by atoms with E-state index in [1.165, 1.54) is 16.8 Å². The number of hydrogen-bond donors (Lipinski definition) is 0. The first-order chi connectivity index (χ1) is 14.9. The van der Waals surface area contributed by atoms with Crippen LogP contribution in [0.4, 0.5) is 5.69 Å². The van der Waals surface area contributed by atoms with Crippen LogP contribution in [0.15, 0.2) is 72.8 Å². The van der Waals surface area contributed by atoms with Gasteiger partial charge in [-0.1, -0.05) is 25.3 Å². The summed E-state index contributed by atoms with van der Waals surface area (Å²) in [5, 5.41) is 0. The van der Waals surface area contributed by atoms with Crippen LogP contribution >= 0.6 is 0 Å². The van der Waals surface area contributed by atoms with E-state index in [1.54, 1.807) is 12.5 Å². The van der Waals surface area contributed by atoms with Crippen LogP contribution in [-0.4, -0.2) is 60.0 Å². The second kappa shape index (κ2) is 8.76. The summed E-state index contributed by atoms with van der Waals surface area (Å²) in [7, 11) is 6.14. The summed E-state index contributed by atoms with van der Waals surface area (Å²) >= 11 is 0. The van der Waals surface area contributed by atoms with Gasteiger partial charge in [0.2, 0.25) is 5.96 Å². The summed E-state index contributed by atoms with van der Waals surface area (Å²) in [6.07, 6.45) is 7.50. The molecule has 1 unspecified atom stereocenters. The lowest BCUT2D eigenvalue weighted by Crippen LogP contribution is -2.47. The largest absolute Gasteiger partial charge is 0.378 e. The van der Waals surface area contributed by atoms with Crippen LogP contribution < -0.4 is 4.90 Å². The van der Waals surface area contributed by atoms with E-state index in [0.29, 0.717) is 5.92 Å². The van der Waals surface area contributed by atoms with Crippen molar-refractivity contribution in [2.45, 2.75) is 12.8 Å². The van der Waals surface area contributed by atoms with Crippen molar-refractivity contribution >= 4 is 22.9 Å². The SMILES string of the molecule is C=C(c1ccc(N(C)C)cc1)C1CCCN(C2=NC(c3ccncn3)=CC(=C)N2C)C1. The Kier molecular flexibility index (Phi) is 5.89. The van der Waals surface area contributed by atoms with Gasteiger partial charge in [0.25, 0.3) is 0 Å². The molecule has 0 saturated carbocycles. The average molecular weight is 415 g/mol. The first kappa shape index (κ1) is 20.8. The lowest BCUT2D eigenvalue weighted by molar-refractivity contribution is 0.275. The maximum Gasteiger partial charge on any atom is 0.206 e. The number of piperidine rings is 1. The highest BCUT2D eigenvalue weighted by atomic mass is 15.4. The van der Waals surface area contributed by atoms with Gasteiger partial charge < -0.3 is 14.7 Å². The first-order valence-electron chi connectivity index (χ1n) is 10.6. The number of guanidine groups is 1. The predicted octanol–water partition coefficient (Wildman–Crippen LogP) is 4.12. The van der Waals surface area contributed by atoms with Crippen molar-refractivity contribution in [3.63, 3.8) is 0 Å². The Labute approximate surface area is 184 Å². The summed E-state index contributed by atoms with van der Waals surface area (Å²) in [5.74, 6) is 1.30. The molecule has 2 aliphatic rings. The smallest absolute Gasteiger partial charge is 0.206 e. The minimum absolute atomic E-state index is 0.386. The number of benzene rings is 1. The Balaban J connectivity index is 1.54. The minimum atomic E-state index is 0.386. The molecule has 2 aromatic rings. The molecule has 0 amide bonds. The van der Waals surface area contributed by atoms with E-state index in [-0.39, 0.29) is 0 Å². The second-order valence-corrected chi connectivity index (χ2v) is 8.34. The van der Waals surface area contributed by atoms with Crippen LogP contribution in [0.3, 0.4) is 0 Å². The number of anilines is 1. The molecular weight excluding hydrogens is 384 g/mol. The number of aliphatic imine (C=N–C) groups is 1. The standard InChI is InChI=1S/C25H30N6/c1-18-15-24(23-12-13-26-17-27-23)28-25(30(18)5)31-14-6-7-21(16-31)19(2)20-8-10-22(11-9-20)29(3)4/h8-13,15,17,21H,1-2,6-7,14,16H2,3-5H3. The second-order valence-electron chi connectivity index (χ2n) is 8.34. The van der Waals surface area contributed by atoms with Crippen molar-refractivity contribution in [2.24, 2.45) is 10.9 Å². The molecule has 1 aromatic heterocycles. The molecule has 2 aliphatic heterocycles. The van der Waals surface area contributed by atoms with E-state index >= 15 is 0 Å². The Hall–Kier alpha value is -3.41. The summed E-state index contributed by atoms with van der Waals surface area (Å²) in [4.78, 5) is 19.8. The predicted molar refractivity (Wildman–Crippen MR) is 128 cm³/mol. The molecule has 0 spiro atoms. The fourth-order valence-corrected chi connectivity index (χ4v) is 4.11. The van der Waals surface area contributed by atoms with Gasteiger partial charge in [-0.2, -0.15) is 0 Å². The zero-order valence-electron chi connectivity index (χ0n) is 18.6. The van der Waals surface area contributed by atoms with Gasteiger partial charge >= 0.3 is 0 Å². The van der Waals surface area contributed by atoms with Crippen molar-refractivity contribution in [3.8, 4) is 0 Å². The maximum atomic E-state index is 4.95. The third-order valence-corrected chi connectivity index (χ3v) is 6.05. The van der Waals surface area contributed by atoms with E-state index in [2.05, 4.69) is 76.2 Å². The van der Waals surface area contributed by atoms with E-state index in [9.17, 15) is 0 Å². The van der Waals surface area contributed by atoms with Gasteiger partial charge in [0.1, 0.15) is 6.33 Å². The average Bonchev–Trinajstić information content (AvgIpc) is 2.81. The lowest BCUT2D eigenvalue weighted by atomic mass is 9.87. The molecule has 6 heteroatoms. The minimum Gasteiger partial charge on any atom is -0.378 e. The third-order valence-electron chi connectivity index (χ3n) is 6.05. The molecule has 3 heterocycles. The van der Waals surface area contributed by atoms with E-state index in [1.807, 2.05) is 19.2 Å². The molecule has 1 atom stereocenters. The monoisotopic (exact) mass is 414 g/mol. The third kappa shape index (κ3) is 4.38. The number of hydrogen-bond acceptors (Lipinski definition) is 6. The molecule has 1 fully saturated rings. The van der Waals surface area contributed by atoms with Crippen molar-refractivity contribution in [3.05, 3.63) is 79.0 Å². The van der Waals surface area contributed by atoms with E-state index in [0.717, 1.165) is 49.0 Å². The highest BCUT2D eigenvalue weighted by molar-refractivity contribution is 5.91. The topological polar surface area (TPSA) is 47.9 Å². The van der Waals surface area contributed by atoms with Crippen LogP contribution in [0.2, 0.25) is 0 Å². The number of nitrogens with zero attached hydrogens (tertiary/aromatic N) is 6. The Morgan fingerprint density at radius 1 is 1.16 bits per heavy atom.